The number of hydrogen-bond donors (Lipinski definition) is 2. The van der Waals surface area contributed by atoms with E-state index in [1.807, 2.05) is 18.2 Å². The fraction of sp³-hybridized carbons (Fsp3) is 0.235. The zero-order valence-electron chi connectivity index (χ0n) is 12.9. The molecule has 6 nitrogen and oxygen atoms in total. The predicted molar refractivity (Wildman–Crippen MR) is 90.7 cm³/mol. The summed E-state index contributed by atoms with van der Waals surface area (Å²) in [5.74, 6) is -0.337. The largest absolute Gasteiger partial charge is 0.472 e. The molecule has 0 aliphatic heterocycles. The number of nitrogens with zero attached hydrogens (tertiary/aromatic N) is 2. The molecule has 0 fully saturated rings. The summed E-state index contributed by atoms with van der Waals surface area (Å²) in [6.07, 6.45) is 5.49. The number of rotatable bonds is 7. The normalized spacial score (nSPS) is 12.0. The van der Waals surface area contributed by atoms with E-state index in [1.165, 1.54) is 11.3 Å². The fourth-order valence-corrected chi connectivity index (χ4v) is 3.03. The first-order chi connectivity index (χ1) is 11.8. The van der Waals surface area contributed by atoms with Gasteiger partial charge in [0.1, 0.15) is 17.0 Å². The van der Waals surface area contributed by atoms with Crippen molar-refractivity contribution in [2.24, 2.45) is 5.92 Å². The fourth-order valence-electron chi connectivity index (χ4n) is 2.24. The minimum atomic E-state index is -0.250. The third kappa shape index (κ3) is 4.06. The van der Waals surface area contributed by atoms with E-state index in [0.29, 0.717) is 18.7 Å². The summed E-state index contributed by atoms with van der Waals surface area (Å²) in [7, 11) is 0. The van der Waals surface area contributed by atoms with Crippen LogP contribution in [0.5, 0.6) is 0 Å². The number of carbonyl (C=O) groups is 1. The van der Waals surface area contributed by atoms with Gasteiger partial charge in [0.25, 0.3) is 5.91 Å². The van der Waals surface area contributed by atoms with Crippen molar-refractivity contribution in [3.05, 3.63) is 59.8 Å². The van der Waals surface area contributed by atoms with Crippen molar-refractivity contribution in [1.29, 1.82) is 0 Å². The van der Waals surface area contributed by atoms with E-state index in [9.17, 15) is 9.90 Å². The Balaban J connectivity index is 1.56. The van der Waals surface area contributed by atoms with Gasteiger partial charge >= 0.3 is 0 Å². The van der Waals surface area contributed by atoms with Crippen LogP contribution in [0.4, 0.5) is 0 Å². The number of aromatic nitrogens is 2. The van der Waals surface area contributed by atoms with Crippen molar-refractivity contribution in [1.82, 2.24) is 15.3 Å². The molecule has 3 rings (SSSR count). The van der Waals surface area contributed by atoms with Crippen LogP contribution < -0.4 is 5.32 Å². The van der Waals surface area contributed by atoms with Gasteiger partial charge in [-0.05, 0) is 24.6 Å². The Morgan fingerprint density at radius 1 is 1.38 bits per heavy atom. The lowest BCUT2D eigenvalue weighted by Gasteiger charge is -2.14. The summed E-state index contributed by atoms with van der Waals surface area (Å²) in [6.45, 7) is 0.346. The van der Waals surface area contributed by atoms with Gasteiger partial charge in [-0.25, -0.2) is 4.98 Å². The number of carbonyl (C=O) groups excluding carboxylic acids is 1. The zero-order valence-corrected chi connectivity index (χ0v) is 13.7. The van der Waals surface area contributed by atoms with Crippen LogP contribution in [-0.2, 0) is 6.42 Å². The molecule has 0 radical (unpaired) electrons. The molecule has 2 N–H and O–H groups in total. The number of pyridine rings is 1. The minimum Gasteiger partial charge on any atom is -0.472 e. The Labute approximate surface area is 143 Å². The van der Waals surface area contributed by atoms with Gasteiger partial charge in [-0.3, -0.25) is 9.78 Å². The maximum Gasteiger partial charge on any atom is 0.270 e. The van der Waals surface area contributed by atoms with E-state index in [2.05, 4.69) is 15.3 Å². The molecular formula is C17H17N3O3S. The lowest BCUT2D eigenvalue weighted by Crippen LogP contribution is -2.32. The Kier molecular flexibility index (Phi) is 5.35. The highest BCUT2D eigenvalue weighted by Gasteiger charge is 2.15. The number of aliphatic hydroxyl groups is 1. The average molecular weight is 343 g/mol. The maximum atomic E-state index is 12.2. The molecule has 3 aromatic heterocycles. The smallest absolute Gasteiger partial charge is 0.270 e. The van der Waals surface area contributed by atoms with E-state index in [0.717, 1.165) is 16.3 Å². The van der Waals surface area contributed by atoms with Gasteiger partial charge in [-0.2, -0.15) is 0 Å². The predicted octanol–water partition coefficient (Wildman–Crippen LogP) is 2.38. The summed E-state index contributed by atoms with van der Waals surface area (Å²) < 4.78 is 5.02. The second kappa shape index (κ2) is 7.85. The van der Waals surface area contributed by atoms with Crippen LogP contribution in [0.2, 0.25) is 0 Å². The lowest BCUT2D eigenvalue weighted by molar-refractivity contribution is 0.0935. The molecule has 3 heterocycles. The molecule has 124 valence electrons. The molecular weight excluding hydrogens is 326 g/mol. The Morgan fingerprint density at radius 3 is 3.00 bits per heavy atom. The van der Waals surface area contributed by atoms with Gasteiger partial charge in [-0.15, -0.1) is 11.3 Å². The highest BCUT2D eigenvalue weighted by molar-refractivity contribution is 7.13. The van der Waals surface area contributed by atoms with Crippen LogP contribution in [0, 0.1) is 5.92 Å². The monoisotopic (exact) mass is 343 g/mol. The van der Waals surface area contributed by atoms with E-state index < -0.39 is 0 Å². The Morgan fingerprint density at radius 2 is 2.29 bits per heavy atom. The van der Waals surface area contributed by atoms with Crippen molar-refractivity contribution in [3.8, 4) is 10.6 Å². The van der Waals surface area contributed by atoms with Crippen LogP contribution in [0.1, 0.15) is 16.2 Å². The average Bonchev–Trinajstić information content (AvgIpc) is 3.30. The number of aliphatic hydroxyl groups excluding tert-OH is 1. The van der Waals surface area contributed by atoms with Gasteiger partial charge < -0.3 is 14.8 Å². The molecule has 1 amide bonds. The van der Waals surface area contributed by atoms with Crippen LogP contribution >= 0.6 is 11.3 Å². The van der Waals surface area contributed by atoms with E-state index in [-0.39, 0.29) is 18.4 Å². The maximum absolute atomic E-state index is 12.2. The van der Waals surface area contributed by atoms with Gasteiger partial charge in [0, 0.05) is 41.9 Å². The summed E-state index contributed by atoms with van der Waals surface area (Å²) in [5.41, 5.74) is 2.11. The Hall–Kier alpha value is -2.51. The second-order valence-electron chi connectivity index (χ2n) is 5.33. The van der Waals surface area contributed by atoms with Crippen molar-refractivity contribution in [3.63, 3.8) is 0 Å². The summed E-state index contributed by atoms with van der Waals surface area (Å²) >= 11 is 1.39. The zero-order chi connectivity index (χ0) is 16.8. The van der Waals surface area contributed by atoms with Crippen molar-refractivity contribution >= 4 is 17.2 Å². The third-order valence-corrected chi connectivity index (χ3v) is 4.43. The number of thiazole rings is 1. The molecule has 0 aliphatic rings. The molecule has 0 aromatic carbocycles. The van der Waals surface area contributed by atoms with E-state index in [1.54, 1.807) is 30.2 Å². The van der Waals surface area contributed by atoms with Crippen LogP contribution in [-0.4, -0.2) is 34.1 Å². The molecule has 24 heavy (non-hydrogen) atoms. The first-order valence-corrected chi connectivity index (χ1v) is 8.41. The molecule has 3 aromatic rings. The number of amides is 1. The summed E-state index contributed by atoms with van der Waals surface area (Å²) in [4.78, 5) is 20.8. The van der Waals surface area contributed by atoms with Crippen molar-refractivity contribution in [2.45, 2.75) is 6.42 Å². The van der Waals surface area contributed by atoms with Gasteiger partial charge in [0.2, 0.25) is 0 Å². The Bertz CT molecular complexity index is 772. The minimum absolute atomic E-state index is 0.0197. The van der Waals surface area contributed by atoms with Crippen LogP contribution in [0.15, 0.2) is 52.8 Å². The SMILES string of the molecule is O=C(NCC(CO)Cc1ccccn1)c1csc(-c2ccoc2)n1. The van der Waals surface area contributed by atoms with Crippen molar-refractivity contribution in [2.75, 3.05) is 13.2 Å². The number of nitrogens with one attached hydrogen (secondary N) is 1. The molecule has 1 atom stereocenters. The molecule has 0 saturated carbocycles. The molecule has 1 unspecified atom stereocenters. The summed E-state index contributed by atoms with van der Waals surface area (Å²) in [6, 6.07) is 7.46. The number of furan rings is 1. The summed E-state index contributed by atoms with van der Waals surface area (Å²) in [5, 5.41) is 14.8. The third-order valence-electron chi connectivity index (χ3n) is 3.54. The van der Waals surface area contributed by atoms with Crippen molar-refractivity contribution < 1.29 is 14.3 Å². The molecule has 0 bridgehead atoms. The number of hydrogen-bond acceptors (Lipinski definition) is 6. The molecule has 0 saturated heterocycles. The standard InChI is InChI=1S/C17H17N3O3S/c21-9-12(7-14-3-1-2-5-18-14)8-19-16(22)15-11-24-17(20-15)13-4-6-23-10-13/h1-6,10-12,21H,7-9H2,(H,19,22). The van der Waals surface area contributed by atoms with E-state index >= 15 is 0 Å². The van der Waals surface area contributed by atoms with Gasteiger partial charge in [0.05, 0.1) is 6.26 Å². The first-order valence-electron chi connectivity index (χ1n) is 7.53. The van der Waals surface area contributed by atoms with Crippen LogP contribution in [0.25, 0.3) is 10.6 Å². The molecule has 0 aliphatic carbocycles. The van der Waals surface area contributed by atoms with Gasteiger partial charge in [0.15, 0.2) is 0 Å². The highest BCUT2D eigenvalue weighted by Crippen LogP contribution is 2.23. The molecule has 0 spiro atoms. The second-order valence-corrected chi connectivity index (χ2v) is 6.19. The van der Waals surface area contributed by atoms with Gasteiger partial charge in [-0.1, -0.05) is 6.07 Å². The molecule has 7 heteroatoms. The van der Waals surface area contributed by atoms with Crippen LogP contribution in [0.3, 0.4) is 0 Å². The lowest BCUT2D eigenvalue weighted by atomic mass is 10.0. The quantitative estimate of drug-likeness (QED) is 0.688. The topological polar surface area (TPSA) is 88.2 Å². The highest BCUT2D eigenvalue weighted by atomic mass is 32.1. The first kappa shape index (κ1) is 16.4. The van der Waals surface area contributed by atoms with E-state index in [4.69, 9.17) is 4.42 Å².